The number of alkyl halides is 1. The predicted molar refractivity (Wildman–Crippen MR) is 55.4 cm³/mol. The van der Waals surface area contributed by atoms with Gasteiger partial charge in [0, 0.05) is 11.3 Å². The minimum absolute atomic E-state index is 0.152. The van der Waals surface area contributed by atoms with Gasteiger partial charge in [-0.2, -0.15) is 0 Å². The summed E-state index contributed by atoms with van der Waals surface area (Å²) >= 11 is 5.38. The maximum absolute atomic E-state index is 10.6. The van der Waals surface area contributed by atoms with Gasteiger partial charge in [0.15, 0.2) is 0 Å². The van der Waals surface area contributed by atoms with Gasteiger partial charge in [0.05, 0.1) is 11.4 Å². The van der Waals surface area contributed by atoms with Crippen LogP contribution in [0.2, 0.25) is 0 Å². The Labute approximate surface area is 86.5 Å². The molecule has 0 aliphatic rings. The molecule has 0 bridgehead atoms. The molecule has 0 atom stereocenters. The van der Waals surface area contributed by atoms with E-state index in [0.29, 0.717) is 11.3 Å². The molecule has 0 heterocycles. The zero-order chi connectivity index (χ0) is 10.6. The van der Waals surface area contributed by atoms with E-state index in [9.17, 15) is 4.79 Å². The van der Waals surface area contributed by atoms with Crippen molar-refractivity contribution in [3.8, 4) is 11.8 Å². The van der Waals surface area contributed by atoms with Crippen LogP contribution in [0.3, 0.4) is 0 Å². The van der Waals surface area contributed by atoms with Crippen LogP contribution in [0.5, 0.6) is 0 Å². The summed E-state index contributed by atoms with van der Waals surface area (Å²) in [4.78, 5) is 10.6. The highest BCUT2D eigenvalue weighted by atomic mass is 35.5. The summed E-state index contributed by atoms with van der Waals surface area (Å²) in [5.41, 5.74) is 6.69. The Hall–Kier alpha value is -1.66. The Kier molecular flexibility index (Phi) is 3.38. The van der Waals surface area contributed by atoms with Gasteiger partial charge >= 0.3 is 5.97 Å². The van der Waals surface area contributed by atoms with Gasteiger partial charge in [0.2, 0.25) is 0 Å². The number of carboxylic acid groups (broad SMARTS) is 1. The first-order valence-electron chi connectivity index (χ1n) is 3.83. The highest BCUT2D eigenvalue weighted by Crippen LogP contribution is 2.13. The molecule has 14 heavy (non-hydrogen) atoms. The minimum atomic E-state index is -1.01. The van der Waals surface area contributed by atoms with Gasteiger partial charge in [-0.25, -0.2) is 4.79 Å². The van der Waals surface area contributed by atoms with E-state index in [1.807, 2.05) is 0 Å². The lowest BCUT2D eigenvalue weighted by molar-refractivity contribution is 0.0697. The van der Waals surface area contributed by atoms with Crippen LogP contribution in [0.15, 0.2) is 18.2 Å². The van der Waals surface area contributed by atoms with E-state index >= 15 is 0 Å². The summed E-state index contributed by atoms with van der Waals surface area (Å²) in [5.74, 6) is 4.59. The normalized spacial score (nSPS) is 8.93. The average molecular weight is 210 g/mol. The lowest BCUT2D eigenvalue weighted by Gasteiger charge is -1.99. The second-order valence-electron chi connectivity index (χ2n) is 2.54. The number of anilines is 1. The molecule has 0 unspecified atom stereocenters. The average Bonchev–Trinajstić information content (AvgIpc) is 2.15. The van der Waals surface area contributed by atoms with Crippen molar-refractivity contribution >= 4 is 23.3 Å². The van der Waals surface area contributed by atoms with Crippen LogP contribution in [0.4, 0.5) is 5.69 Å². The number of nitrogen functional groups attached to an aromatic ring is 1. The Balaban J connectivity index is 3.07. The molecule has 0 saturated heterocycles. The van der Waals surface area contributed by atoms with Crippen LogP contribution in [-0.2, 0) is 0 Å². The first-order valence-corrected chi connectivity index (χ1v) is 4.36. The van der Waals surface area contributed by atoms with E-state index in [0.717, 1.165) is 0 Å². The Morgan fingerprint density at radius 2 is 2.29 bits per heavy atom. The third-order valence-electron chi connectivity index (χ3n) is 1.59. The van der Waals surface area contributed by atoms with Crippen molar-refractivity contribution in [3.05, 3.63) is 29.3 Å². The highest BCUT2D eigenvalue weighted by Gasteiger charge is 2.04. The van der Waals surface area contributed by atoms with Crippen LogP contribution < -0.4 is 5.73 Å². The first kappa shape index (κ1) is 10.4. The molecule has 0 saturated carbocycles. The largest absolute Gasteiger partial charge is 0.478 e. The zero-order valence-electron chi connectivity index (χ0n) is 7.25. The van der Waals surface area contributed by atoms with E-state index in [-0.39, 0.29) is 11.4 Å². The number of hydrogen-bond donors (Lipinski definition) is 2. The molecule has 0 radical (unpaired) electrons. The number of nitrogens with two attached hydrogens (primary N) is 1. The topological polar surface area (TPSA) is 63.3 Å². The smallest absolute Gasteiger partial charge is 0.335 e. The number of carbonyl (C=O) groups is 1. The number of aromatic carboxylic acids is 1. The summed E-state index contributed by atoms with van der Waals surface area (Å²) in [6, 6.07) is 4.40. The number of carboxylic acids is 1. The van der Waals surface area contributed by atoms with Gasteiger partial charge in [-0.3, -0.25) is 0 Å². The maximum Gasteiger partial charge on any atom is 0.335 e. The van der Waals surface area contributed by atoms with Crippen LogP contribution in [0.1, 0.15) is 15.9 Å². The minimum Gasteiger partial charge on any atom is -0.478 e. The Bertz CT molecular complexity index is 418. The molecular formula is C10H8ClNO2. The quantitative estimate of drug-likeness (QED) is 0.419. The van der Waals surface area contributed by atoms with Gasteiger partial charge in [0.1, 0.15) is 0 Å². The van der Waals surface area contributed by atoms with E-state index in [1.165, 1.54) is 12.1 Å². The molecule has 1 aromatic carbocycles. The van der Waals surface area contributed by atoms with Crippen LogP contribution >= 0.6 is 11.6 Å². The lowest BCUT2D eigenvalue weighted by Crippen LogP contribution is -1.99. The molecule has 0 spiro atoms. The maximum atomic E-state index is 10.6. The molecule has 0 amide bonds. The number of halogens is 1. The summed E-state index contributed by atoms with van der Waals surface area (Å²) in [7, 11) is 0. The molecular weight excluding hydrogens is 202 g/mol. The molecule has 72 valence electrons. The van der Waals surface area contributed by atoms with Crippen molar-refractivity contribution in [2.75, 3.05) is 11.6 Å². The van der Waals surface area contributed by atoms with E-state index in [2.05, 4.69) is 11.8 Å². The molecule has 1 rings (SSSR count). The van der Waals surface area contributed by atoms with Crippen molar-refractivity contribution in [2.24, 2.45) is 0 Å². The zero-order valence-corrected chi connectivity index (χ0v) is 8.01. The third kappa shape index (κ3) is 2.41. The fourth-order valence-corrected chi connectivity index (χ4v) is 1.01. The standard InChI is InChI=1S/C10H8ClNO2/c11-5-1-2-7-3-4-8(10(13)14)6-9(7)12/h3-4,6H,5,12H2,(H,13,14). The second kappa shape index (κ2) is 4.54. The fourth-order valence-electron chi connectivity index (χ4n) is 0.938. The highest BCUT2D eigenvalue weighted by molar-refractivity contribution is 6.19. The summed E-state index contributed by atoms with van der Waals surface area (Å²) in [5, 5.41) is 8.66. The van der Waals surface area contributed by atoms with Crippen molar-refractivity contribution < 1.29 is 9.90 Å². The van der Waals surface area contributed by atoms with Gasteiger partial charge in [-0.1, -0.05) is 11.8 Å². The molecule has 1 aromatic rings. The van der Waals surface area contributed by atoms with E-state index in [4.69, 9.17) is 22.4 Å². The molecule has 3 N–H and O–H groups in total. The molecule has 3 nitrogen and oxygen atoms in total. The second-order valence-corrected chi connectivity index (χ2v) is 2.81. The van der Waals surface area contributed by atoms with E-state index < -0.39 is 5.97 Å². The van der Waals surface area contributed by atoms with Crippen LogP contribution in [0, 0.1) is 11.8 Å². The van der Waals surface area contributed by atoms with Gasteiger partial charge < -0.3 is 10.8 Å². The van der Waals surface area contributed by atoms with Crippen molar-refractivity contribution in [1.29, 1.82) is 0 Å². The van der Waals surface area contributed by atoms with Crippen LogP contribution in [-0.4, -0.2) is 17.0 Å². The molecule has 0 fully saturated rings. The number of benzene rings is 1. The fraction of sp³-hybridized carbons (Fsp3) is 0.100. The molecule has 4 heteroatoms. The van der Waals surface area contributed by atoms with Crippen molar-refractivity contribution in [3.63, 3.8) is 0 Å². The lowest BCUT2D eigenvalue weighted by atomic mass is 10.1. The summed E-state index contributed by atoms with van der Waals surface area (Å²) in [6.07, 6.45) is 0. The Morgan fingerprint density at radius 3 is 2.79 bits per heavy atom. The predicted octanol–water partition coefficient (Wildman–Crippen LogP) is 1.56. The number of rotatable bonds is 1. The van der Waals surface area contributed by atoms with E-state index in [1.54, 1.807) is 6.07 Å². The SMILES string of the molecule is Nc1cc(C(=O)O)ccc1C#CCCl. The van der Waals surface area contributed by atoms with Gasteiger partial charge in [-0.15, -0.1) is 11.6 Å². The van der Waals surface area contributed by atoms with Crippen LogP contribution in [0.25, 0.3) is 0 Å². The van der Waals surface area contributed by atoms with Crippen molar-refractivity contribution in [2.45, 2.75) is 0 Å². The van der Waals surface area contributed by atoms with Gasteiger partial charge in [-0.05, 0) is 18.2 Å². The summed E-state index contributed by atoms with van der Waals surface area (Å²) in [6.45, 7) is 0. The number of hydrogen-bond acceptors (Lipinski definition) is 2. The molecule has 0 aromatic heterocycles. The molecule has 0 aliphatic heterocycles. The van der Waals surface area contributed by atoms with Crippen molar-refractivity contribution in [1.82, 2.24) is 0 Å². The van der Waals surface area contributed by atoms with Gasteiger partial charge in [0.25, 0.3) is 0 Å². The Morgan fingerprint density at radius 1 is 1.57 bits per heavy atom. The monoisotopic (exact) mass is 209 g/mol. The third-order valence-corrected chi connectivity index (χ3v) is 1.72. The summed E-state index contributed by atoms with van der Waals surface area (Å²) < 4.78 is 0. The molecule has 0 aliphatic carbocycles. The first-order chi connectivity index (χ1) is 6.65.